The minimum absolute atomic E-state index is 0.472. The van der Waals surface area contributed by atoms with E-state index in [9.17, 15) is 0 Å². The zero-order chi connectivity index (χ0) is 6.57. The van der Waals surface area contributed by atoms with Crippen LogP contribution in [-0.2, 0) is 0 Å². The van der Waals surface area contributed by atoms with Gasteiger partial charge in [-0.05, 0) is 6.42 Å². The van der Waals surface area contributed by atoms with Crippen LogP contribution in [0.1, 0.15) is 20.3 Å². The Balaban J connectivity index is 3.29. The fourth-order valence-electron chi connectivity index (χ4n) is 0.445. The molecule has 8 heavy (non-hydrogen) atoms. The van der Waals surface area contributed by atoms with Crippen molar-refractivity contribution < 1.29 is 5.11 Å². The zero-order valence-electron chi connectivity index (χ0n) is 5.46. The second-order valence-electron chi connectivity index (χ2n) is 1.72. The fraction of sp³-hybridized carbons (Fsp3) is 1.00. The van der Waals surface area contributed by atoms with E-state index in [1.54, 1.807) is 0 Å². The summed E-state index contributed by atoms with van der Waals surface area (Å²) in [5.41, 5.74) is 0. The van der Waals surface area contributed by atoms with Gasteiger partial charge in [-0.15, -0.1) is 0 Å². The minimum Gasteiger partial charge on any atom is -0.377 e. The van der Waals surface area contributed by atoms with E-state index < -0.39 is 6.23 Å². The van der Waals surface area contributed by atoms with E-state index in [-0.39, 0.29) is 0 Å². The lowest BCUT2D eigenvalue weighted by molar-refractivity contribution is 0.00401. The summed E-state index contributed by atoms with van der Waals surface area (Å²) in [5.74, 6) is 5.31. The first-order valence-electron chi connectivity index (χ1n) is 2.91. The van der Waals surface area contributed by atoms with Crippen molar-refractivity contribution in [2.45, 2.75) is 26.5 Å². The van der Waals surface area contributed by atoms with Crippen LogP contribution in [0.4, 0.5) is 0 Å². The third-order valence-corrected chi connectivity index (χ3v) is 1.11. The highest BCUT2D eigenvalue weighted by molar-refractivity contribution is 4.46. The molecule has 1 unspecified atom stereocenters. The molecule has 0 fully saturated rings. The van der Waals surface area contributed by atoms with Crippen molar-refractivity contribution in [1.82, 2.24) is 5.01 Å². The predicted octanol–water partition coefficient (Wildman–Crippen LogP) is -0.0896. The van der Waals surface area contributed by atoms with Gasteiger partial charge in [0, 0.05) is 6.54 Å². The second-order valence-corrected chi connectivity index (χ2v) is 1.72. The molecule has 0 aromatic rings. The maximum atomic E-state index is 8.93. The van der Waals surface area contributed by atoms with E-state index in [2.05, 4.69) is 0 Å². The van der Waals surface area contributed by atoms with Crippen LogP contribution in [0.25, 0.3) is 0 Å². The number of aliphatic hydroxyl groups excluding tert-OH is 1. The Bertz CT molecular complexity index is 50.4. The molecular weight excluding hydrogens is 104 g/mol. The topological polar surface area (TPSA) is 49.5 Å². The molecule has 1 atom stereocenters. The molecule has 0 amide bonds. The van der Waals surface area contributed by atoms with Gasteiger partial charge in [0.2, 0.25) is 0 Å². The summed E-state index contributed by atoms with van der Waals surface area (Å²) in [6.07, 6.45) is 0.213. The highest BCUT2D eigenvalue weighted by atomic mass is 16.3. The van der Waals surface area contributed by atoms with Crippen LogP contribution in [0.3, 0.4) is 0 Å². The van der Waals surface area contributed by atoms with Crippen LogP contribution in [0.5, 0.6) is 0 Å². The van der Waals surface area contributed by atoms with Crippen LogP contribution in [-0.4, -0.2) is 22.9 Å². The van der Waals surface area contributed by atoms with Gasteiger partial charge >= 0.3 is 0 Å². The van der Waals surface area contributed by atoms with E-state index in [1.807, 2.05) is 13.8 Å². The predicted molar refractivity (Wildman–Crippen MR) is 32.9 cm³/mol. The summed E-state index contributed by atoms with van der Waals surface area (Å²) >= 11 is 0. The molecule has 0 bridgehead atoms. The number of nitrogens with two attached hydrogens (primary N) is 1. The molecule has 0 aliphatic heterocycles. The Labute approximate surface area is 50.1 Å². The van der Waals surface area contributed by atoms with Crippen LogP contribution in [0.2, 0.25) is 0 Å². The van der Waals surface area contributed by atoms with Crippen LogP contribution >= 0.6 is 0 Å². The van der Waals surface area contributed by atoms with Crippen molar-refractivity contribution in [3.63, 3.8) is 0 Å². The molecule has 50 valence electrons. The molecule has 0 aromatic heterocycles. The van der Waals surface area contributed by atoms with Crippen molar-refractivity contribution in [1.29, 1.82) is 0 Å². The molecule has 0 rings (SSSR count). The van der Waals surface area contributed by atoms with Crippen LogP contribution in [0, 0.1) is 0 Å². The summed E-state index contributed by atoms with van der Waals surface area (Å²) in [5, 5.41) is 10.3. The summed E-state index contributed by atoms with van der Waals surface area (Å²) in [6, 6.07) is 0. The Morgan fingerprint density at radius 1 is 1.62 bits per heavy atom. The summed E-state index contributed by atoms with van der Waals surface area (Å²) in [7, 11) is 0. The molecule has 0 heterocycles. The summed E-state index contributed by atoms with van der Waals surface area (Å²) in [4.78, 5) is 0. The highest BCUT2D eigenvalue weighted by Crippen LogP contribution is 1.91. The molecule has 0 saturated heterocycles. The van der Waals surface area contributed by atoms with E-state index >= 15 is 0 Å². The van der Waals surface area contributed by atoms with Gasteiger partial charge < -0.3 is 5.11 Å². The third kappa shape index (κ3) is 2.26. The van der Waals surface area contributed by atoms with Crippen LogP contribution < -0.4 is 5.84 Å². The smallest absolute Gasteiger partial charge is 0.119 e. The second kappa shape index (κ2) is 3.83. The lowest BCUT2D eigenvalue weighted by atomic mass is 10.4. The van der Waals surface area contributed by atoms with Gasteiger partial charge in [0.1, 0.15) is 6.23 Å². The van der Waals surface area contributed by atoms with Gasteiger partial charge in [-0.1, -0.05) is 13.8 Å². The standard InChI is InChI=1S/C5H14N2O/c1-3-5(8)7(6)4-2/h5,8H,3-4,6H2,1-2H3. The largest absolute Gasteiger partial charge is 0.377 e. The van der Waals surface area contributed by atoms with Crippen molar-refractivity contribution in [3.8, 4) is 0 Å². The van der Waals surface area contributed by atoms with E-state index in [0.29, 0.717) is 13.0 Å². The third-order valence-electron chi connectivity index (χ3n) is 1.11. The van der Waals surface area contributed by atoms with Crippen molar-refractivity contribution in [2.75, 3.05) is 6.54 Å². The highest BCUT2D eigenvalue weighted by Gasteiger charge is 2.03. The van der Waals surface area contributed by atoms with Crippen LogP contribution in [0.15, 0.2) is 0 Å². The van der Waals surface area contributed by atoms with Crippen molar-refractivity contribution in [2.24, 2.45) is 5.84 Å². The molecule has 3 heteroatoms. The lowest BCUT2D eigenvalue weighted by Crippen LogP contribution is -2.40. The first-order chi connectivity index (χ1) is 3.72. The average Bonchev–Trinajstić information content (AvgIpc) is 1.84. The number of hydrogen-bond donors (Lipinski definition) is 2. The lowest BCUT2D eigenvalue weighted by Gasteiger charge is -2.18. The van der Waals surface area contributed by atoms with E-state index in [4.69, 9.17) is 10.9 Å². The molecule has 0 saturated carbocycles. The number of rotatable bonds is 3. The first-order valence-corrected chi connectivity index (χ1v) is 2.91. The maximum absolute atomic E-state index is 8.93. The number of hydrazine groups is 1. The quantitative estimate of drug-likeness (QED) is 0.309. The Kier molecular flexibility index (Phi) is 3.77. The summed E-state index contributed by atoms with van der Waals surface area (Å²) < 4.78 is 0. The Morgan fingerprint density at radius 3 is 2.25 bits per heavy atom. The maximum Gasteiger partial charge on any atom is 0.119 e. The van der Waals surface area contributed by atoms with E-state index in [1.165, 1.54) is 5.01 Å². The monoisotopic (exact) mass is 118 g/mol. The molecular formula is C5H14N2O. The number of hydrogen-bond acceptors (Lipinski definition) is 3. The molecule has 3 N–H and O–H groups in total. The SMILES string of the molecule is CCC(O)N(N)CC. The van der Waals surface area contributed by atoms with Gasteiger partial charge in [0.25, 0.3) is 0 Å². The Morgan fingerprint density at radius 2 is 2.12 bits per heavy atom. The van der Waals surface area contributed by atoms with E-state index in [0.717, 1.165) is 0 Å². The molecule has 0 aromatic carbocycles. The first kappa shape index (κ1) is 7.88. The molecule has 0 radical (unpaired) electrons. The normalized spacial score (nSPS) is 14.6. The molecule has 0 aliphatic rings. The van der Waals surface area contributed by atoms with Gasteiger partial charge in [0.15, 0.2) is 0 Å². The van der Waals surface area contributed by atoms with Crippen molar-refractivity contribution >= 4 is 0 Å². The van der Waals surface area contributed by atoms with Crippen molar-refractivity contribution in [3.05, 3.63) is 0 Å². The summed E-state index contributed by atoms with van der Waals surface area (Å²) in [6.45, 7) is 4.48. The van der Waals surface area contributed by atoms with Gasteiger partial charge in [-0.3, -0.25) is 5.84 Å². The molecule has 3 nitrogen and oxygen atoms in total. The van der Waals surface area contributed by atoms with Gasteiger partial charge in [-0.2, -0.15) is 0 Å². The zero-order valence-corrected chi connectivity index (χ0v) is 5.46. The molecule has 0 aliphatic carbocycles. The fourth-order valence-corrected chi connectivity index (χ4v) is 0.445. The van der Waals surface area contributed by atoms with Gasteiger partial charge in [-0.25, -0.2) is 5.01 Å². The number of nitrogens with zero attached hydrogens (tertiary/aromatic N) is 1. The Hall–Kier alpha value is -0.120. The molecule has 0 spiro atoms. The average molecular weight is 118 g/mol. The number of aliphatic hydroxyl groups is 1. The van der Waals surface area contributed by atoms with Gasteiger partial charge in [0.05, 0.1) is 0 Å². The minimum atomic E-state index is -0.472.